The highest BCUT2D eigenvalue weighted by Crippen LogP contribution is 2.42. The third kappa shape index (κ3) is 3.86. The number of aromatic nitrogens is 2. The molecular formula is C22H29N5O4. The van der Waals surface area contributed by atoms with Crippen LogP contribution in [0.25, 0.3) is 0 Å². The van der Waals surface area contributed by atoms with E-state index in [0.717, 1.165) is 44.7 Å². The van der Waals surface area contributed by atoms with E-state index < -0.39 is 6.04 Å². The van der Waals surface area contributed by atoms with Crippen LogP contribution in [-0.2, 0) is 22.7 Å². The monoisotopic (exact) mass is 427 g/mol. The molecule has 0 spiro atoms. The first-order chi connectivity index (χ1) is 15.0. The Morgan fingerprint density at radius 3 is 2.90 bits per heavy atom. The molecule has 0 radical (unpaired) electrons. The molecule has 3 saturated heterocycles. The van der Waals surface area contributed by atoms with Gasteiger partial charge in [0.15, 0.2) is 5.82 Å². The van der Waals surface area contributed by atoms with Crippen molar-refractivity contribution in [2.24, 2.45) is 11.8 Å². The van der Waals surface area contributed by atoms with Gasteiger partial charge < -0.3 is 18.7 Å². The van der Waals surface area contributed by atoms with Gasteiger partial charge in [0.2, 0.25) is 17.7 Å². The fourth-order valence-electron chi connectivity index (χ4n) is 5.73. The summed E-state index contributed by atoms with van der Waals surface area (Å²) in [4.78, 5) is 36.8. The number of likely N-dealkylation sites (tertiary alicyclic amines) is 1. The number of nitrogens with zero attached hydrogens (tertiary/aromatic N) is 5. The highest BCUT2D eigenvalue weighted by Gasteiger charge is 2.52. The smallest absolute Gasteiger partial charge is 0.246 e. The number of carbonyl (C=O) groups excluding carboxylic acids is 2. The lowest BCUT2D eigenvalue weighted by molar-refractivity contribution is -0.165. The van der Waals surface area contributed by atoms with Crippen LogP contribution >= 0.6 is 0 Å². The fraction of sp³-hybridized carbons (Fsp3) is 0.636. The van der Waals surface area contributed by atoms with Crippen molar-refractivity contribution in [3.05, 3.63) is 35.9 Å². The van der Waals surface area contributed by atoms with E-state index in [4.69, 9.17) is 8.94 Å². The minimum absolute atomic E-state index is 0.0422. The molecule has 166 valence electrons. The third-order valence-electron chi connectivity index (χ3n) is 6.95. The summed E-state index contributed by atoms with van der Waals surface area (Å²) < 4.78 is 10.8. The Morgan fingerprint density at radius 1 is 1.32 bits per heavy atom. The van der Waals surface area contributed by atoms with Crippen molar-refractivity contribution in [3.8, 4) is 0 Å². The summed E-state index contributed by atoms with van der Waals surface area (Å²) in [5.74, 6) is 2.46. The summed E-state index contributed by atoms with van der Waals surface area (Å²) in [7, 11) is 1.75. The largest absolute Gasteiger partial charge is 0.468 e. The van der Waals surface area contributed by atoms with Crippen molar-refractivity contribution in [2.45, 2.75) is 57.8 Å². The van der Waals surface area contributed by atoms with Crippen molar-refractivity contribution in [1.82, 2.24) is 24.8 Å². The van der Waals surface area contributed by atoms with Gasteiger partial charge in [-0.2, -0.15) is 4.98 Å². The number of aryl methyl sites for hydroxylation is 1. The molecule has 0 saturated carbocycles. The highest BCUT2D eigenvalue weighted by molar-refractivity contribution is 5.89. The Morgan fingerprint density at radius 2 is 2.16 bits per heavy atom. The van der Waals surface area contributed by atoms with Crippen molar-refractivity contribution >= 4 is 11.8 Å². The molecule has 9 nitrogen and oxygen atoms in total. The maximum absolute atomic E-state index is 13.6. The standard InChI is InChI=1S/C22H29N5O4/c1-14-23-19(31-24-14)13-25(2)22(29)21-16-9-15(18-6-3-7-20(28)27(18)21)10-26(11-16)12-17-5-4-8-30-17/h4-5,8,15-16,18,21H,3,6-7,9-13H2,1-2H3/t15-,16+,18+,21-/m1/s1. The normalized spacial score (nSPS) is 28.5. The van der Waals surface area contributed by atoms with Crippen molar-refractivity contribution in [3.63, 3.8) is 0 Å². The lowest BCUT2D eigenvalue weighted by Crippen LogP contribution is -2.68. The average Bonchev–Trinajstić information content (AvgIpc) is 3.40. The zero-order chi connectivity index (χ0) is 21.5. The number of furan rings is 1. The van der Waals surface area contributed by atoms with Gasteiger partial charge in [-0.3, -0.25) is 14.5 Å². The van der Waals surface area contributed by atoms with Crippen LogP contribution in [0.3, 0.4) is 0 Å². The van der Waals surface area contributed by atoms with E-state index in [2.05, 4.69) is 15.0 Å². The Labute approximate surface area is 181 Å². The van der Waals surface area contributed by atoms with Crippen molar-refractivity contribution < 1.29 is 18.5 Å². The van der Waals surface area contributed by atoms with E-state index in [1.54, 1.807) is 25.1 Å². The van der Waals surface area contributed by atoms with Gasteiger partial charge in [-0.1, -0.05) is 5.16 Å². The highest BCUT2D eigenvalue weighted by atomic mass is 16.5. The number of fused-ring (bicyclic) bond motifs is 4. The summed E-state index contributed by atoms with van der Waals surface area (Å²) in [5, 5.41) is 3.81. The summed E-state index contributed by atoms with van der Waals surface area (Å²) in [5.41, 5.74) is 0. The Bertz CT molecular complexity index is 942. The first kappa shape index (κ1) is 20.2. The van der Waals surface area contributed by atoms with E-state index in [-0.39, 0.29) is 30.3 Å². The zero-order valence-corrected chi connectivity index (χ0v) is 18.1. The number of piperidine rings is 3. The first-order valence-corrected chi connectivity index (χ1v) is 11.1. The molecule has 0 aliphatic carbocycles. The lowest BCUT2D eigenvalue weighted by atomic mass is 9.71. The maximum Gasteiger partial charge on any atom is 0.246 e. The van der Waals surface area contributed by atoms with Gasteiger partial charge in [0.05, 0.1) is 19.4 Å². The van der Waals surface area contributed by atoms with Gasteiger partial charge in [-0.05, 0) is 44.2 Å². The number of rotatable bonds is 5. The molecule has 5 rings (SSSR count). The van der Waals surface area contributed by atoms with E-state index in [0.29, 0.717) is 24.1 Å². The first-order valence-electron chi connectivity index (χ1n) is 11.1. The van der Waals surface area contributed by atoms with Gasteiger partial charge in [-0.15, -0.1) is 0 Å². The molecule has 3 fully saturated rings. The lowest BCUT2D eigenvalue weighted by Gasteiger charge is -2.56. The van der Waals surface area contributed by atoms with Gasteiger partial charge >= 0.3 is 0 Å². The minimum Gasteiger partial charge on any atom is -0.468 e. The van der Waals surface area contributed by atoms with Crippen LogP contribution in [0.5, 0.6) is 0 Å². The van der Waals surface area contributed by atoms with Crippen LogP contribution in [0.2, 0.25) is 0 Å². The quantitative estimate of drug-likeness (QED) is 0.718. The van der Waals surface area contributed by atoms with Crippen LogP contribution in [-0.4, -0.2) is 68.9 Å². The second-order valence-electron chi connectivity index (χ2n) is 9.16. The summed E-state index contributed by atoms with van der Waals surface area (Å²) in [6.45, 7) is 4.44. The summed E-state index contributed by atoms with van der Waals surface area (Å²) in [6.07, 6.45) is 5.07. The van der Waals surface area contributed by atoms with Crippen LogP contribution in [0.15, 0.2) is 27.3 Å². The predicted octanol–water partition coefficient (Wildman–Crippen LogP) is 1.83. The molecule has 3 aliphatic heterocycles. The Hall–Kier alpha value is -2.68. The van der Waals surface area contributed by atoms with Crippen LogP contribution in [0.1, 0.15) is 43.2 Å². The second-order valence-corrected chi connectivity index (χ2v) is 9.16. The molecule has 0 unspecified atom stereocenters. The fourth-order valence-corrected chi connectivity index (χ4v) is 5.73. The topological polar surface area (TPSA) is 95.9 Å². The van der Waals surface area contributed by atoms with E-state index in [1.807, 2.05) is 17.0 Å². The number of likely N-dealkylation sites (N-methyl/N-ethyl adjacent to an activating group) is 1. The number of hydrogen-bond donors (Lipinski definition) is 0. The molecule has 9 heteroatoms. The van der Waals surface area contributed by atoms with Crippen molar-refractivity contribution in [1.29, 1.82) is 0 Å². The maximum atomic E-state index is 13.6. The molecule has 0 N–H and O–H groups in total. The summed E-state index contributed by atoms with van der Waals surface area (Å²) >= 11 is 0. The van der Waals surface area contributed by atoms with E-state index in [1.165, 1.54) is 0 Å². The van der Waals surface area contributed by atoms with E-state index >= 15 is 0 Å². The molecular weight excluding hydrogens is 398 g/mol. The van der Waals surface area contributed by atoms with Crippen molar-refractivity contribution in [2.75, 3.05) is 20.1 Å². The van der Waals surface area contributed by atoms with Gasteiger partial charge in [0.1, 0.15) is 11.8 Å². The SMILES string of the molecule is Cc1noc(CN(C)C(=O)[C@H]2[C@H]3C[C@H](CN(Cc4ccco4)C3)[C@@H]3CCCC(=O)N32)n1. The number of carbonyl (C=O) groups is 2. The average molecular weight is 428 g/mol. The van der Waals surface area contributed by atoms with Gasteiger partial charge in [0.25, 0.3) is 0 Å². The molecule has 2 bridgehead atoms. The van der Waals surface area contributed by atoms with E-state index in [9.17, 15) is 9.59 Å². The van der Waals surface area contributed by atoms with Gasteiger partial charge in [0, 0.05) is 38.5 Å². The molecule has 31 heavy (non-hydrogen) atoms. The van der Waals surface area contributed by atoms with Crippen LogP contribution in [0, 0.1) is 18.8 Å². The molecule has 0 aromatic carbocycles. The number of amides is 2. The molecule has 2 amide bonds. The molecule has 3 aliphatic rings. The Balaban J connectivity index is 1.39. The number of hydrogen-bond acceptors (Lipinski definition) is 7. The molecule has 2 aromatic heterocycles. The minimum atomic E-state index is -0.442. The molecule has 4 atom stereocenters. The van der Waals surface area contributed by atoms with Crippen LogP contribution in [0.4, 0.5) is 0 Å². The van der Waals surface area contributed by atoms with Crippen LogP contribution < -0.4 is 0 Å². The molecule has 2 aromatic rings. The zero-order valence-electron chi connectivity index (χ0n) is 18.1. The molecule has 5 heterocycles. The van der Waals surface area contributed by atoms with Gasteiger partial charge in [-0.25, -0.2) is 0 Å². The predicted molar refractivity (Wildman–Crippen MR) is 109 cm³/mol. The second kappa shape index (κ2) is 8.11. The Kier molecular flexibility index (Phi) is 5.29. The third-order valence-corrected chi connectivity index (χ3v) is 6.95. The summed E-state index contributed by atoms with van der Waals surface area (Å²) in [6, 6.07) is 3.58.